The third-order valence-corrected chi connectivity index (χ3v) is 5.37. The lowest BCUT2D eigenvalue weighted by molar-refractivity contribution is -0.129. The fraction of sp³-hybridized carbons (Fsp3) is 0.923. The zero-order valence-electron chi connectivity index (χ0n) is 11.1. The summed E-state index contributed by atoms with van der Waals surface area (Å²) < 4.78 is 0. The Morgan fingerprint density at radius 3 is 2.25 bits per heavy atom. The van der Waals surface area contributed by atoms with Gasteiger partial charge in [-0.25, -0.2) is 0 Å². The van der Waals surface area contributed by atoms with Gasteiger partial charge in [-0.1, -0.05) is 27.7 Å². The highest BCUT2D eigenvalue weighted by molar-refractivity contribution is 5.84. The molecule has 1 saturated heterocycles. The molecule has 0 aromatic carbocycles. The first kappa shape index (κ1) is 11.9. The van der Waals surface area contributed by atoms with Crippen molar-refractivity contribution in [1.29, 1.82) is 0 Å². The molecule has 1 heterocycles. The average molecular weight is 224 g/mol. The molecule has 3 heteroatoms. The van der Waals surface area contributed by atoms with E-state index in [-0.39, 0.29) is 6.04 Å². The summed E-state index contributed by atoms with van der Waals surface area (Å²) in [4.78, 5) is 14.0. The van der Waals surface area contributed by atoms with Gasteiger partial charge >= 0.3 is 0 Å². The number of nitrogens with zero attached hydrogens (tertiary/aromatic N) is 1. The molecule has 1 saturated carbocycles. The zero-order chi connectivity index (χ0) is 12.1. The van der Waals surface area contributed by atoms with Gasteiger partial charge in [0, 0.05) is 13.1 Å². The summed E-state index contributed by atoms with van der Waals surface area (Å²) in [5.41, 5.74) is 0.760. The lowest BCUT2D eigenvalue weighted by Crippen LogP contribution is -2.37. The highest BCUT2D eigenvalue weighted by atomic mass is 16.2. The van der Waals surface area contributed by atoms with Gasteiger partial charge in [-0.15, -0.1) is 0 Å². The van der Waals surface area contributed by atoms with Crippen LogP contribution >= 0.6 is 0 Å². The molecule has 3 nitrogen and oxygen atoms in total. The summed E-state index contributed by atoms with van der Waals surface area (Å²) in [6.07, 6.45) is 0.961. The highest BCUT2D eigenvalue weighted by Crippen LogP contribution is 2.68. The Kier molecular flexibility index (Phi) is 2.57. The standard InChI is InChI=1S/C13H24N2O/c1-12(2)10(13(12,3)4)8-15-7-6-9(14-5)11(15)16/h9-10,14H,6-8H2,1-5H3. The second kappa shape index (κ2) is 3.46. The molecule has 0 aromatic heterocycles. The zero-order valence-corrected chi connectivity index (χ0v) is 11.1. The molecule has 16 heavy (non-hydrogen) atoms. The maximum atomic E-state index is 12.0. The van der Waals surface area contributed by atoms with Crippen LogP contribution in [-0.2, 0) is 4.79 Å². The topological polar surface area (TPSA) is 32.3 Å². The molecular formula is C13H24N2O. The summed E-state index contributed by atoms with van der Waals surface area (Å²) in [6, 6.07) is 0.0602. The number of amides is 1. The molecule has 1 unspecified atom stereocenters. The first-order valence-electron chi connectivity index (χ1n) is 6.28. The summed E-state index contributed by atoms with van der Waals surface area (Å²) in [6.45, 7) is 11.1. The van der Waals surface area contributed by atoms with Crippen LogP contribution in [0.1, 0.15) is 34.1 Å². The summed E-state index contributed by atoms with van der Waals surface area (Å²) in [5.74, 6) is 0.945. The summed E-state index contributed by atoms with van der Waals surface area (Å²) in [7, 11) is 1.87. The summed E-state index contributed by atoms with van der Waals surface area (Å²) in [5, 5.41) is 3.09. The van der Waals surface area contributed by atoms with Crippen molar-refractivity contribution < 1.29 is 4.79 Å². The van der Waals surface area contributed by atoms with E-state index in [1.807, 2.05) is 11.9 Å². The maximum Gasteiger partial charge on any atom is 0.239 e. The number of nitrogens with one attached hydrogen (secondary N) is 1. The van der Waals surface area contributed by atoms with Crippen molar-refractivity contribution >= 4 is 5.91 Å². The number of likely N-dealkylation sites (N-methyl/N-ethyl adjacent to an activating group) is 1. The number of carbonyl (C=O) groups excluding carboxylic acids is 1. The number of carbonyl (C=O) groups is 1. The van der Waals surface area contributed by atoms with Gasteiger partial charge in [0.25, 0.3) is 0 Å². The van der Waals surface area contributed by atoms with Gasteiger partial charge in [0.2, 0.25) is 5.91 Å². The van der Waals surface area contributed by atoms with E-state index in [1.165, 1.54) is 0 Å². The highest BCUT2D eigenvalue weighted by Gasteiger charge is 2.64. The lowest BCUT2D eigenvalue weighted by atomic mass is 10.0. The first-order chi connectivity index (χ1) is 7.32. The van der Waals surface area contributed by atoms with Gasteiger partial charge in [-0.2, -0.15) is 0 Å². The van der Waals surface area contributed by atoms with E-state index >= 15 is 0 Å². The molecule has 92 valence electrons. The molecule has 1 atom stereocenters. The Balaban J connectivity index is 1.96. The van der Waals surface area contributed by atoms with Crippen LogP contribution in [0.2, 0.25) is 0 Å². The van der Waals surface area contributed by atoms with Crippen molar-refractivity contribution in [2.45, 2.75) is 40.2 Å². The van der Waals surface area contributed by atoms with Crippen LogP contribution in [0, 0.1) is 16.7 Å². The van der Waals surface area contributed by atoms with E-state index in [2.05, 4.69) is 33.0 Å². The van der Waals surface area contributed by atoms with E-state index in [1.54, 1.807) is 0 Å². The van der Waals surface area contributed by atoms with Crippen molar-refractivity contribution in [3.8, 4) is 0 Å². The number of likely N-dealkylation sites (tertiary alicyclic amines) is 1. The van der Waals surface area contributed by atoms with Crippen LogP contribution in [-0.4, -0.2) is 37.0 Å². The van der Waals surface area contributed by atoms with Gasteiger partial charge in [-0.05, 0) is 30.2 Å². The van der Waals surface area contributed by atoms with Gasteiger partial charge in [0.1, 0.15) is 0 Å². The smallest absolute Gasteiger partial charge is 0.239 e. The van der Waals surface area contributed by atoms with Gasteiger partial charge in [-0.3, -0.25) is 4.79 Å². The largest absolute Gasteiger partial charge is 0.341 e. The molecule has 1 aliphatic heterocycles. The first-order valence-corrected chi connectivity index (χ1v) is 6.28. The molecular weight excluding hydrogens is 200 g/mol. The van der Waals surface area contributed by atoms with E-state index in [4.69, 9.17) is 0 Å². The third kappa shape index (κ3) is 1.48. The maximum absolute atomic E-state index is 12.0. The van der Waals surface area contributed by atoms with Gasteiger partial charge < -0.3 is 10.2 Å². The molecule has 2 rings (SSSR count). The molecule has 2 fully saturated rings. The Morgan fingerprint density at radius 1 is 1.31 bits per heavy atom. The van der Waals surface area contributed by atoms with E-state index < -0.39 is 0 Å². The van der Waals surface area contributed by atoms with Crippen molar-refractivity contribution in [2.75, 3.05) is 20.1 Å². The molecule has 1 N–H and O–H groups in total. The third-order valence-electron chi connectivity index (χ3n) is 5.37. The Labute approximate surface area is 98.6 Å². The van der Waals surface area contributed by atoms with E-state index in [9.17, 15) is 4.79 Å². The number of hydrogen-bond acceptors (Lipinski definition) is 2. The number of rotatable bonds is 3. The Hall–Kier alpha value is -0.570. The fourth-order valence-corrected chi connectivity index (χ4v) is 3.20. The monoisotopic (exact) mass is 224 g/mol. The second-order valence-electron chi connectivity index (χ2n) is 6.41. The minimum absolute atomic E-state index is 0.0602. The van der Waals surface area contributed by atoms with Crippen LogP contribution < -0.4 is 5.32 Å². The Morgan fingerprint density at radius 2 is 1.88 bits per heavy atom. The Bertz CT molecular complexity index is 295. The average Bonchev–Trinajstić information content (AvgIpc) is 2.48. The molecule has 2 aliphatic rings. The van der Waals surface area contributed by atoms with Crippen molar-refractivity contribution in [3.63, 3.8) is 0 Å². The molecule has 0 aromatic rings. The van der Waals surface area contributed by atoms with E-state index in [0.29, 0.717) is 22.7 Å². The predicted octanol–water partition coefficient (Wildman–Crippen LogP) is 1.49. The van der Waals surface area contributed by atoms with Gasteiger partial charge in [0.05, 0.1) is 6.04 Å². The predicted molar refractivity (Wildman–Crippen MR) is 65.1 cm³/mol. The fourth-order valence-electron chi connectivity index (χ4n) is 3.20. The van der Waals surface area contributed by atoms with Crippen molar-refractivity contribution in [1.82, 2.24) is 10.2 Å². The molecule has 1 amide bonds. The summed E-state index contributed by atoms with van der Waals surface area (Å²) >= 11 is 0. The van der Waals surface area contributed by atoms with Crippen molar-refractivity contribution in [2.24, 2.45) is 16.7 Å². The minimum atomic E-state index is 0.0602. The van der Waals surface area contributed by atoms with Crippen LogP contribution in [0.25, 0.3) is 0 Å². The van der Waals surface area contributed by atoms with Crippen LogP contribution in [0.15, 0.2) is 0 Å². The van der Waals surface area contributed by atoms with E-state index in [0.717, 1.165) is 19.5 Å². The number of hydrogen-bond donors (Lipinski definition) is 1. The minimum Gasteiger partial charge on any atom is -0.341 e. The van der Waals surface area contributed by atoms with Crippen LogP contribution in [0.4, 0.5) is 0 Å². The quantitative estimate of drug-likeness (QED) is 0.787. The second-order valence-corrected chi connectivity index (χ2v) is 6.41. The molecule has 0 spiro atoms. The molecule has 0 radical (unpaired) electrons. The van der Waals surface area contributed by atoms with Crippen LogP contribution in [0.3, 0.4) is 0 Å². The van der Waals surface area contributed by atoms with Crippen molar-refractivity contribution in [3.05, 3.63) is 0 Å². The van der Waals surface area contributed by atoms with Gasteiger partial charge in [0.15, 0.2) is 0 Å². The molecule has 0 bridgehead atoms. The van der Waals surface area contributed by atoms with Crippen LogP contribution in [0.5, 0.6) is 0 Å². The SMILES string of the molecule is CNC1CCN(CC2C(C)(C)C2(C)C)C1=O. The normalized spacial score (nSPS) is 32.2. The molecule has 1 aliphatic carbocycles. The lowest BCUT2D eigenvalue weighted by Gasteiger charge is -2.17.